The van der Waals surface area contributed by atoms with Crippen molar-refractivity contribution in [2.45, 2.75) is 38.0 Å². The van der Waals surface area contributed by atoms with Crippen LogP contribution < -0.4 is 5.32 Å². The maximum absolute atomic E-state index is 13.0. The van der Waals surface area contributed by atoms with E-state index in [4.69, 9.17) is 0 Å². The van der Waals surface area contributed by atoms with E-state index in [1.807, 2.05) is 34.1 Å². The minimum atomic E-state index is -0.419. The van der Waals surface area contributed by atoms with Crippen molar-refractivity contribution in [3.8, 4) is 0 Å². The molecule has 0 radical (unpaired) electrons. The highest BCUT2D eigenvalue weighted by Crippen LogP contribution is 2.33. The number of carbonyl (C=O) groups excluding carboxylic acids is 3. The fourth-order valence-corrected chi connectivity index (χ4v) is 4.43. The van der Waals surface area contributed by atoms with Gasteiger partial charge in [-0.3, -0.25) is 14.4 Å². The third kappa shape index (κ3) is 3.20. The number of carbonyl (C=O) groups is 3. The lowest BCUT2D eigenvalue weighted by Crippen LogP contribution is -2.53. The molecule has 1 atom stereocenters. The van der Waals surface area contributed by atoms with Crippen molar-refractivity contribution in [1.29, 1.82) is 0 Å². The van der Waals surface area contributed by atoms with Gasteiger partial charge in [-0.25, -0.2) is 0 Å². The van der Waals surface area contributed by atoms with Crippen molar-refractivity contribution in [3.05, 3.63) is 29.8 Å². The molecular formula is C20H25N3O3. The van der Waals surface area contributed by atoms with Gasteiger partial charge in [0.05, 0.1) is 5.92 Å². The predicted octanol–water partition coefficient (Wildman–Crippen LogP) is 1.97. The van der Waals surface area contributed by atoms with E-state index in [0.29, 0.717) is 26.2 Å². The van der Waals surface area contributed by atoms with Gasteiger partial charge in [0.2, 0.25) is 17.7 Å². The Kier molecular flexibility index (Phi) is 4.66. The normalized spacial score (nSPS) is 23.5. The van der Waals surface area contributed by atoms with Crippen molar-refractivity contribution in [2.75, 3.05) is 31.5 Å². The summed E-state index contributed by atoms with van der Waals surface area (Å²) >= 11 is 0. The second-order valence-corrected chi connectivity index (χ2v) is 7.52. The monoisotopic (exact) mass is 355 g/mol. The van der Waals surface area contributed by atoms with E-state index in [2.05, 4.69) is 5.32 Å². The molecule has 1 aromatic rings. The molecule has 0 aromatic heterocycles. The number of hydrogen-bond acceptors (Lipinski definition) is 3. The van der Waals surface area contributed by atoms with E-state index < -0.39 is 5.92 Å². The van der Waals surface area contributed by atoms with Gasteiger partial charge < -0.3 is 15.1 Å². The smallest absolute Gasteiger partial charge is 0.230 e. The molecule has 3 amide bonds. The Morgan fingerprint density at radius 2 is 1.54 bits per heavy atom. The van der Waals surface area contributed by atoms with Crippen LogP contribution in [0.3, 0.4) is 0 Å². The number of nitrogens with zero attached hydrogens (tertiary/aromatic N) is 2. The largest absolute Gasteiger partial charge is 0.339 e. The summed E-state index contributed by atoms with van der Waals surface area (Å²) in [5.74, 6) is -0.0856. The van der Waals surface area contributed by atoms with Gasteiger partial charge in [0.25, 0.3) is 0 Å². The number of rotatable bonds is 2. The van der Waals surface area contributed by atoms with E-state index in [1.54, 1.807) is 0 Å². The molecule has 3 aliphatic rings. The van der Waals surface area contributed by atoms with Gasteiger partial charge in [-0.1, -0.05) is 31.0 Å². The Labute approximate surface area is 153 Å². The van der Waals surface area contributed by atoms with Gasteiger partial charge >= 0.3 is 0 Å². The summed E-state index contributed by atoms with van der Waals surface area (Å²) in [4.78, 5) is 41.3. The van der Waals surface area contributed by atoms with Gasteiger partial charge in [-0.2, -0.15) is 0 Å². The van der Waals surface area contributed by atoms with Crippen molar-refractivity contribution >= 4 is 23.4 Å². The average Bonchev–Trinajstić information content (AvgIpc) is 3.21. The Bertz CT molecular complexity index is 719. The lowest BCUT2D eigenvalue weighted by Gasteiger charge is -2.38. The second-order valence-electron chi connectivity index (χ2n) is 7.52. The third-order valence-corrected chi connectivity index (χ3v) is 5.91. The number of benzene rings is 1. The molecular weight excluding hydrogens is 330 g/mol. The number of anilines is 1. The lowest BCUT2D eigenvalue weighted by atomic mass is 9.89. The minimum absolute atomic E-state index is 0.000246. The molecule has 1 aliphatic carbocycles. The quantitative estimate of drug-likeness (QED) is 0.882. The Morgan fingerprint density at radius 1 is 0.923 bits per heavy atom. The van der Waals surface area contributed by atoms with Crippen LogP contribution in [0.2, 0.25) is 0 Å². The van der Waals surface area contributed by atoms with Gasteiger partial charge in [0, 0.05) is 44.2 Å². The molecule has 2 fully saturated rings. The molecule has 1 saturated heterocycles. The number of para-hydroxylation sites is 1. The molecule has 1 N–H and O–H groups in total. The van der Waals surface area contributed by atoms with Crippen LogP contribution in [0.4, 0.5) is 5.69 Å². The number of hydrogen-bond donors (Lipinski definition) is 1. The maximum atomic E-state index is 13.0. The van der Waals surface area contributed by atoms with Crippen LogP contribution in [0.25, 0.3) is 0 Å². The molecule has 1 unspecified atom stereocenters. The zero-order valence-corrected chi connectivity index (χ0v) is 14.9. The van der Waals surface area contributed by atoms with Gasteiger partial charge in [0.15, 0.2) is 0 Å². The molecule has 138 valence electrons. The summed E-state index contributed by atoms with van der Waals surface area (Å²) in [5.41, 5.74) is 1.62. The standard InChI is InChI=1S/C20H25N3O3/c24-18-13-16(15-7-3-4-8-17(15)21-18)20(26)23-11-9-22(10-12-23)19(25)14-5-1-2-6-14/h3-4,7-8,14,16H,1-2,5-6,9-13H2,(H,21,24). The minimum Gasteiger partial charge on any atom is -0.339 e. The number of amides is 3. The Balaban J connectivity index is 1.41. The van der Waals surface area contributed by atoms with Crippen molar-refractivity contribution in [3.63, 3.8) is 0 Å². The topological polar surface area (TPSA) is 69.7 Å². The summed E-state index contributed by atoms with van der Waals surface area (Å²) < 4.78 is 0. The summed E-state index contributed by atoms with van der Waals surface area (Å²) in [5, 5.41) is 2.84. The highest BCUT2D eigenvalue weighted by Gasteiger charge is 2.36. The lowest BCUT2D eigenvalue weighted by molar-refractivity contribution is -0.143. The summed E-state index contributed by atoms with van der Waals surface area (Å²) in [6, 6.07) is 7.51. The first kappa shape index (κ1) is 17.1. The maximum Gasteiger partial charge on any atom is 0.230 e. The van der Waals surface area contributed by atoms with E-state index >= 15 is 0 Å². The first-order chi connectivity index (χ1) is 12.6. The van der Waals surface area contributed by atoms with Crippen LogP contribution in [-0.2, 0) is 14.4 Å². The van der Waals surface area contributed by atoms with E-state index in [1.165, 1.54) is 0 Å². The van der Waals surface area contributed by atoms with Crippen molar-refractivity contribution < 1.29 is 14.4 Å². The second kappa shape index (κ2) is 7.09. The van der Waals surface area contributed by atoms with Crippen LogP contribution in [0, 0.1) is 5.92 Å². The molecule has 6 heteroatoms. The SMILES string of the molecule is O=C1CC(C(=O)N2CCN(C(=O)C3CCCC3)CC2)c2ccccc2N1. The fourth-order valence-electron chi connectivity index (χ4n) is 4.43. The van der Waals surface area contributed by atoms with Crippen molar-refractivity contribution in [2.24, 2.45) is 5.92 Å². The summed E-state index contributed by atoms with van der Waals surface area (Å²) in [6.45, 7) is 2.30. The summed E-state index contributed by atoms with van der Waals surface area (Å²) in [7, 11) is 0. The number of fused-ring (bicyclic) bond motifs is 1. The van der Waals surface area contributed by atoms with E-state index in [0.717, 1.165) is 36.9 Å². The van der Waals surface area contributed by atoms with Crippen LogP contribution in [-0.4, -0.2) is 53.7 Å². The Morgan fingerprint density at radius 3 is 2.23 bits per heavy atom. The van der Waals surface area contributed by atoms with Gasteiger partial charge in [-0.05, 0) is 24.5 Å². The first-order valence-electron chi connectivity index (χ1n) is 9.60. The Hall–Kier alpha value is -2.37. The molecule has 2 aliphatic heterocycles. The number of nitrogens with one attached hydrogen (secondary N) is 1. The summed E-state index contributed by atoms with van der Waals surface area (Å²) in [6.07, 6.45) is 4.50. The zero-order chi connectivity index (χ0) is 18.1. The zero-order valence-electron chi connectivity index (χ0n) is 14.9. The molecule has 1 aromatic carbocycles. The molecule has 2 heterocycles. The van der Waals surface area contributed by atoms with E-state index in [-0.39, 0.29) is 30.1 Å². The average molecular weight is 355 g/mol. The molecule has 1 saturated carbocycles. The molecule has 6 nitrogen and oxygen atoms in total. The van der Waals surface area contributed by atoms with Crippen LogP contribution >= 0.6 is 0 Å². The fraction of sp³-hybridized carbons (Fsp3) is 0.550. The van der Waals surface area contributed by atoms with Crippen LogP contribution in [0.1, 0.15) is 43.6 Å². The van der Waals surface area contributed by atoms with Crippen LogP contribution in [0.15, 0.2) is 24.3 Å². The number of piperazine rings is 1. The highest BCUT2D eigenvalue weighted by atomic mass is 16.2. The van der Waals surface area contributed by atoms with Crippen LogP contribution in [0.5, 0.6) is 0 Å². The molecule has 0 bridgehead atoms. The molecule has 26 heavy (non-hydrogen) atoms. The van der Waals surface area contributed by atoms with Gasteiger partial charge in [0.1, 0.15) is 0 Å². The predicted molar refractivity (Wildman–Crippen MR) is 97.5 cm³/mol. The third-order valence-electron chi connectivity index (χ3n) is 5.91. The highest BCUT2D eigenvalue weighted by molar-refractivity contribution is 6.01. The molecule has 0 spiro atoms. The molecule has 4 rings (SSSR count). The van der Waals surface area contributed by atoms with Crippen molar-refractivity contribution in [1.82, 2.24) is 9.80 Å². The van der Waals surface area contributed by atoms with Gasteiger partial charge in [-0.15, -0.1) is 0 Å². The van der Waals surface area contributed by atoms with E-state index in [9.17, 15) is 14.4 Å². The first-order valence-corrected chi connectivity index (χ1v) is 9.60.